The highest BCUT2D eigenvalue weighted by Gasteiger charge is 2.23. The lowest BCUT2D eigenvalue weighted by molar-refractivity contribution is 1.01. The molecule has 0 fully saturated rings. The minimum Gasteiger partial charge on any atom is -0.365 e. The number of rotatable bonds is 0. The van der Waals surface area contributed by atoms with E-state index < -0.39 is 0 Å². The molecule has 0 radical (unpaired) electrons. The molecule has 0 amide bonds. The maximum Gasteiger partial charge on any atom is 0.0991 e. The molecular formula is C12H9N3. The molecule has 0 aromatic heterocycles. The van der Waals surface area contributed by atoms with Crippen molar-refractivity contribution < 1.29 is 0 Å². The van der Waals surface area contributed by atoms with Gasteiger partial charge in [0, 0.05) is 36.4 Å². The molecule has 2 heterocycles. The molecule has 0 saturated heterocycles. The van der Waals surface area contributed by atoms with E-state index in [0.717, 1.165) is 12.0 Å². The van der Waals surface area contributed by atoms with Gasteiger partial charge in [-0.3, -0.25) is 0 Å². The summed E-state index contributed by atoms with van der Waals surface area (Å²) in [6.45, 7) is 0. The first-order chi connectivity index (χ1) is 7.38. The Kier molecular flexibility index (Phi) is 1.57. The molecule has 15 heavy (non-hydrogen) atoms. The Morgan fingerprint density at radius 1 is 1.40 bits per heavy atom. The maximum absolute atomic E-state index is 8.82. The van der Waals surface area contributed by atoms with Crippen molar-refractivity contribution in [3.8, 4) is 6.07 Å². The Bertz CT molecular complexity index is 520. The summed E-state index contributed by atoms with van der Waals surface area (Å²) in [4.78, 5) is 2.15. The van der Waals surface area contributed by atoms with Crippen LogP contribution in [-0.4, -0.2) is 0 Å². The van der Waals surface area contributed by atoms with Gasteiger partial charge < -0.3 is 10.2 Å². The number of hydrogen-bond acceptors (Lipinski definition) is 3. The molecule has 2 aliphatic heterocycles. The van der Waals surface area contributed by atoms with Gasteiger partial charge in [-0.15, -0.1) is 0 Å². The highest BCUT2D eigenvalue weighted by atomic mass is 15.2. The van der Waals surface area contributed by atoms with Crippen LogP contribution in [0.5, 0.6) is 0 Å². The van der Waals surface area contributed by atoms with Gasteiger partial charge >= 0.3 is 0 Å². The van der Waals surface area contributed by atoms with Crippen molar-refractivity contribution in [2.75, 3.05) is 4.90 Å². The van der Waals surface area contributed by atoms with Crippen LogP contribution < -0.4 is 10.2 Å². The van der Waals surface area contributed by atoms with Crippen molar-refractivity contribution in [1.29, 1.82) is 5.26 Å². The van der Waals surface area contributed by atoms with Crippen LogP contribution in [0.3, 0.4) is 0 Å². The van der Waals surface area contributed by atoms with E-state index in [0.29, 0.717) is 0 Å². The minimum absolute atomic E-state index is 0.728. The van der Waals surface area contributed by atoms with Gasteiger partial charge in [-0.25, -0.2) is 0 Å². The molecule has 1 aromatic rings. The zero-order valence-electron chi connectivity index (χ0n) is 8.07. The van der Waals surface area contributed by atoms with E-state index >= 15 is 0 Å². The molecule has 1 N–H and O–H groups in total. The van der Waals surface area contributed by atoms with Crippen LogP contribution in [0, 0.1) is 11.3 Å². The Morgan fingerprint density at radius 3 is 3.20 bits per heavy atom. The number of nitrogens with zero attached hydrogens (tertiary/aromatic N) is 2. The summed E-state index contributed by atoms with van der Waals surface area (Å²) in [6, 6.07) is 7.99. The SMILES string of the molecule is N#Cc1ccc2c(c1)CC1=CNC=CN12. The van der Waals surface area contributed by atoms with Crippen molar-refractivity contribution in [3.05, 3.63) is 53.6 Å². The fourth-order valence-electron chi connectivity index (χ4n) is 2.03. The van der Waals surface area contributed by atoms with Gasteiger partial charge in [0.25, 0.3) is 0 Å². The third-order valence-electron chi connectivity index (χ3n) is 2.72. The third kappa shape index (κ3) is 1.12. The van der Waals surface area contributed by atoms with E-state index in [-0.39, 0.29) is 0 Å². The maximum atomic E-state index is 8.82. The summed E-state index contributed by atoms with van der Waals surface area (Å²) in [5, 5.41) is 11.9. The molecule has 72 valence electrons. The van der Waals surface area contributed by atoms with Crippen LogP contribution >= 0.6 is 0 Å². The van der Waals surface area contributed by atoms with Gasteiger partial charge in [0.15, 0.2) is 0 Å². The number of fused-ring (bicyclic) bond motifs is 3. The summed E-state index contributed by atoms with van der Waals surface area (Å²) in [7, 11) is 0. The molecule has 0 saturated carbocycles. The molecule has 1 aromatic carbocycles. The summed E-state index contributed by atoms with van der Waals surface area (Å²) in [6.07, 6.45) is 6.79. The second kappa shape index (κ2) is 2.89. The summed E-state index contributed by atoms with van der Waals surface area (Å²) in [5.74, 6) is 0. The van der Waals surface area contributed by atoms with Crippen LogP contribution in [0.2, 0.25) is 0 Å². The van der Waals surface area contributed by atoms with E-state index in [4.69, 9.17) is 5.26 Å². The monoisotopic (exact) mass is 195 g/mol. The van der Waals surface area contributed by atoms with Crippen LogP contribution in [0.1, 0.15) is 11.1 Å². The molecule has 0 bridgehead atoms. The van der Waals surface area contributed by atoms with Gasteiger partial charge in [0.1, 0.15) is 0 Å². The Balaban J connectivity index is 2.13. The zero-order valence-corrected chi connectivity index (χ0v) is 8.07. The lowest BCUT2D eigenvalue weighted by Gasteiger charge is -2.19. The fourth-order valence-corrected chi connectivity index (χ4v) is 2.03. The highest BCUT2D eigenvalue weighted by Crippen LogP contribution is 2.35. The summed E-state index contributed by atoms with van der Waals surface area (Å²) < 4.78 is 0. The van der Waals surface area contributed by atoms with Crippen LogP contribution in [0.15, 0.2) is 42.5 Å². The van der Waals surface area contributed by atoms with Crippen molar-refractivity contribution in [2.24, 2.45) is 0 Å². The molecule has 3 heteroatoms. The molecule has 0 atom stereocenters. The van der Waals surface area contributed by atoms with Crippen molar-refractivity contribution in [3.63, 3.8) is 0 Å². The Labute approximate surface area is 87.9 Å². The lowest BCUT2D eigenvalue weighted by atomic mass is 10.1. The number of benzene rings is 1. The minimum atomic E-state index is 0.728. The first-order valence-corrected chi connectivity index (χ1v) is 4.82. The topological polar surface area (TPSA) is 39.1 Å². The van der Waals surface area contributed by atoms with E-state index in [9.17, 15) is 0 Å². The molecule has 0 aliphatic carbocycles. The van der Waals surface area contributed by atoms with Gasteiger partial charge in [0.05, 0.1) is 11.6 Å². The number of allylic oxidation sites excluding steroid dienone is 1. The van der Waals surface area contributed by atoms with E-state index in [1.54, 1.807) is 0 Å². The zero-order chi connectivity index (χ0) is 10.3. The smallest absolute Gasteiger partial charge is 0.0991 e. The molecular weight excluding hydrogens is 186 g/mol. The van der Waals surface area contributed by atoms with E-state index in [1.807, 2.05) is 36.8 Å². The second-order valence-corrected chi connectivity index (χ2v) is 3.62. The Morgan fingerprint density at radius 2 is 2.33 bits per heavy atom. The number of hydrogen-bond donors (Lipinski definition) is 1. The van der Waals surface area contributed by atoms with Crippen molar-refractivity contribution in [2.45, 2.75) is 6.42 Å². The number of anilines is 1. The predicted molar refractivity (Wildman–Crippen MR) is 57.7 cm³/mol. The molecule has 0 spiro atoms. The summed E-state index contributed by atoms with van der Waals surface area (Å²) in [5.41, 5.74) is 4.35. The average molecular weight is 195 g/mol. The average Bonchev–Trinajstić information content (AvgIpc) is 2.66. The molecule has 2 aliphatic rings. The highest BCUT2D eigenvalue weighted by molar-refractivity contribution is 5.69. The van der Waals surface area contributed by atoms with Crippen molar-refractivity contribution >= 4 is 5.69 Å². The van der Waals surface area contributed by atoms with E-state index in [1.165, 1.54) is 16.9 Å². The molecule has 3 rings (SSSR count). The largest absolute Gasteiger partial charge is 0.365 e. The predicted octanol–water partition coefficient (Wildman–Crippen LogP) is 1.84. The number of nitrogens with one attached hydrogen (secondary N) is 1. The van der Waals surface area contributed by atoms with Crippen LogP contribution in [0.25, 0.3) is 0 Å². The van der Waals surface area contributed by atoms with Crippen LogP contribution in [-0.2, 0) is 6.42 Å². The van der Waals surface area contributed by atoms with Crippen molar-refractivity contribution in [1.82, 2.24) is 5.32 Å². The van der Waals surface area contributed by atoms with Crippen LogP contribution in [0.4, 0.5) is 5.69 Å². The third-order valence-corrected chi connectivity index (χ3v) is 2.72. The molecule has 3 nitrogen and oxygen atoms in total. The Hall–Kier alpha value is -2.21. The standard InChI is InChI=1S/C12H9N3/c13-7-9-1-2-12-10(5-9)6-11-8-14-3-4-15(11)12/h1-5,8,14H,6H2. The summed E-state index contributed by atoms with van der Waals surface area (Å²) >= 11 is 0. The number of nitriles is 1. The molecule has 0 unspecified atom stereocenters. The van der Waals surface area contributed by atoms with Gasteiger partial charge in [-0.1, -0.05) is 0 Å². The quantitative estimate of drug-likeness (QED) is 0.686. The second-order valence-electron chi connectivity index (χ2n) is 3.62. The first kappa shape index (κ1) is 8.13. The van der Waals surface area contributed by atoms with Gasteiger partial charge in [0.2, 0.25) is 0 Å². The fraction of sp³-hybridized carbons (Fsp3) is 0.0833. The first-order valence-electron chi connectivity index (χ1n) is 4.82. The lowest BCUT2D eigenvalue weighted by Crippen LogP contribution is -2.17. The van der Waals surface area contributed by atoms with Gasteiger partial charge in [-0.05, 0) is 23.8 Å². The van der Waals surface area contributed by atoms with E-state index in [2.05, 4.69) is 16.3 Å². The normalized spacial score (nSPS) is 16.2. The van der Waals surface area contributed by atoms with Gasteiger partial charge in [-0.2, -0.15) is 5.26 Å².